The van der Waals surface area contributed by atoms with Crippen LogP contribution in [0, 0.1) is 0 Å². The topological polar surface area (TPSA) is 87.3 Å². The Labute approximate surface area is 150 Å². The third kappa shape index (κ3) is 3.19. The summed E-state index contributed by atoms with van der Waals surface area (Å²) in [4.78, 5) is 23.2. The highest BCUT2D eigenvalue weighted by atomic mass is 19.4. The highest BCUT2D eigenvalue weighted by Gasteiger charge is 2.33. The third-order valence-corrected chi connectivity index (χ3v) is 4.09. The monoisotopic (exact) mass is 371 g/mol. The molecule has 0 saturated carbocycles. The Morgan fingerprint density at radius 3 is 2.63 bits per heavy atom. The maximum absolute atomic E-state index is 13.2. The van der Waals surface area contributed by atoms with E-state index in [1.54, 1.807) is 24.5 Å². The van der Waals surface area contributed by atoms with Gasteiger partial charge in [-0.1, -0.05) is 18.2 Å². The Kier molecular flexibility index (Phi) is 3.98. The zero-order valence-electron chi connectivity index (χ0n) is 13.7. The van der Waals surface area contributed by atoms with Crippen LogP contribution in [0.4, 0.5) is 13.2 Å². The van der Waals surface area contributed by atoms with Crippen molar-refractivity contribution in [1.82, 2.24) is 25.1 Å². The van der Waals surface area contributed by atoms with Gasteiger partial charge in [0, 0.05) is 24.4 Å². The summed E-state index contributed by atoms with van der Waals surface area (Å²) < 4.78 is 39.6. The molecule has 0 amide bonds. The normalized spacial score (nSPS) is 11.8. The van der Waals surface area contributed by atoms with Gasteiger partial charge in [0.2, 0.25) is 0 Å². The molecule has 4 rings (SSSR count). The van der Waals surface area contributed by atoms with E-state index in [2.05, 4.69) is 25.1 Å². The summed E-state index contributed by atoms with van der Waals surface area (Å²) in [5.41, 5.74) is 0.263. The largest absolute Gasteiger partial charge is 0.416 e. The Balaban J connectivity index is 1.82. The maximum atomic E-state index is 13.2. The van der Waals surface area contributed by atoms with E-state index in [4.69, 9.17) is 0 Å². The molecule has 0 fully saturated rings. The van der Waals surface area contributed by atoms with E-state index in [0.717, 1.165) is 6.07 Å². The molecule has 0 spiro atoms. The van der Waals surface area contributed by atoms with Crippen LogP contribution < -0.4 is 5.56 Å². The Bertz CT molecular complexity index is 1170. The molecule has 6 nitrogen and oxygen atoms in total. The summed E-state index contributed by atoms with van der Waals surface area (Å²) in [5, 5.41) is 6.72. The predicted octanol–water partition coefficient (Wildman–Crippen LogP) is 3.32. The molecule has 0 aliphatic carbocycles. The number of aromatic nitrogens is 5. The Morgan fingerprint density at radius 2 is 1.89 bits per heavy atom. The number of aromatic amines is 2. The van der Waals surface area contributed by atoms with Gasteiger partial charge in [-0.2, -0.15) is 18.3 Å². The van der Waals surface area contributed by atoms with Crippen molar-refractivity contribution in [2.45, 2.75) is 12.6 Å². The van der Waals surface area contributed by atoms with Crippen LogP contribution in [-0.2, 0) is 12.6 Å². The molecule has 0 atom stereocenters. The van der Waals surface area contributed by atoms with Crippen LogP contribution in [-0.4, -0.2) is 25.1 Å². The minimum atomic E-state index is -4.49. The predicted molar refractivity (Wildman–Crippen MR) is 92.0 cm³/mol. The Hall–Kier alpha value is -3.49. The van der Waals surface area contributed by atoms with Crippen molar-refractivity contribution in [3.63, 3.8) is 0 Å². The number of hydrogen-bond donors (Lipinski definition) is 2. The molecule has 3 aromatic heterocycles. The number of halogens is 3. The summed E-state index contributed by atoms with van der Waals surface area (Å²) in [6.45, 7) is 0. The summed E-state index contributed by atoms with van der Waals surface area (Å²) in [6.07, 6.45) is -1.49. The van der Waals surface area contributed by atoms with E-state index in [9.17, 15) is 18.0 Å². The lowest BCUT2D eigenvalue weighted by atomic mass is 10.0. The van der Waals surface area contributed by atoms with Gasteiger partial charge in [-0.15, -0.1) is 0 Å². The number of benzene rings is 1. The number of nitrogens with zero attached hydrogens (tertiary/aromatic N) is 3. The molecule has 1 aromatic carbocycles. The van der Waals surface area contributed by atoms with Crippen molar-refractivity contribution in [2.75, 3.05) is 0 Å². The highest BCUT2D eigenvalue weighted by Crippen LogP contribution is 2.32. The van der Waals surface area contributed by atoms with Gasteiger partial charge in [0.15, 0.2) is 0 Å². The molecule has 0 saturated heterocycles. The zero-order chi connectivity index (χ0) is 19.0. The van der Waals surface area contributed by atoms with Crippen LogP contribution in [0.5, 0.6) is 0 Å². The quantitative estimate of drug-likeness (QED) is 0.578. The maximum Gasteiger partial charge on any atom is 0.416 e. The number of alkyl halides is 3. The van der Waals surface area contributed by atoms with Crippen LogP contribution in [0.15, 0.2) is 53.6 Å². The lowest BCUT2D eigenvalue weighted by molar-refractivity contribution is -0.138. The minimum absolute atomic E-state index is 0.0268. The van der Waals surface area contributed by atoms with Gasteiger partial charge in [-0.3, -0.25) is 14.9 Å². The molecule has 0 aliphatic rings. The molecular weight excluding hydrogens is 359 g/mol. The van der Waals surface area contributed by atoms with E-state index in [1.165, 1.54) is 18.2 Å². The van der Waals surface area contributed by atoms with Gasteiger partial charge in [-0.25, -0.2) is 4.98 Å². The summed E-state index contributed by atoms with van der Waals surface area (Å²) in [5.74, 6) is 0.121. The van der Waals surface area contributed by atoms with Gasteiger partial charge in [0.25, 0.3) is 5.56 Å². The van der Waals surface area contributed by atoms with Crippen LogP contribution in [0.1, 0.15) is 17.0 Å². The van der Waals surface area contributed by atoms with Crippen molar-refractivity contribution in [3.05, 3.63) is 76.1 Å². The molecule has 0 aliphatic heterocycles. The average Bonchev–Trinajstić information content (AvgIpc) is 3.06. The first-order valence-corrected chi connectivity index (χ1v) is 7.96. The number of nitrogens with one attached hydrogen (secondary N) is 2. The molecule has 0 unspecified atom stereocenters. The smallest absolute Gasteiger partial charge is 0.308 e. The number of rotatable bonds is 3. The van der Waals surface area contributed by atoms with Crippen molar-refractivity contribution in [1.29, 1.82) is 0 Å². The summed E-state index contributed by atoms with van der Waals surface area (Å²) in [7, 11) is 0. The van der Waals surface area contributed by atoms with Crippen LogP contribution >= 0.6 is 0 Å². The fraction of sp³-hybridized carbons (Fsp3) is 0.111. The molecule has 9 heteroatoms. The minimum Gasteiger partial charge on any atom is -0.308 e. The Morgan fingerprint density at radius 1 is 1.07 bits per heavy atom. The van der Waals surface area contributed by atoms with Crippen LogP contribution in [0.25, 0.3) is 22.3 Å². The van der Waals surface area contributed by atoms with E-state index in [-0.39, 0.29) is 28.8 Å². The first-order valence-electron chi connectivity index (χ1n) is 7.96. The fourth-order valence-electron chi connectivity index (χ4n) is 2.88. The van der Waals surface area contributed by atoms with Gasteiger partial charge in [-0.05, 0) is 23.8 Å². The molecule has 0 bridgehead atoms. The second-order valence-electron chi connectivity index (χ2n) is 5.88. The SMILES string of the molecule is O=c1[nH]c(Cc2ccccc2C(F)(F)F)nc2c(-c3cccnc3)n[nH]c12. The lowest BCUT2D eigenvalue weighted by Gasteiger charge is -2.12. The fourth-order valence-corrected chi connectivity index (χ4v) is 2.88. The second-order valence-corrected chi connectivity index (χ2v) is 5.88. The molecule has 2 N–H and O–H groups in total. The average molecular weight is 371 g/mol. The first kappa shape index (κ1) is 17.0. The number of pyridine rings is 1. The van der Waals surface area contributed by atoms with E-state index in [1.807, 2.05) is 0 Å². The number of hydrogen-bond acceptors (Lipinski definition) is 4. The molecular formula is C18H12F3N5O. The molecule has 136 valence electrons. The first-order chi connectivity index (χ1) is 12.9. The van der Waals surface area contributed by atoms with Crippen molar-refractivity contribution in [3.8, 4) is 11.3 Å². The van der Waals surface area contributed by atoms with Crippen LogP contribution in [0.2, 0.25) is 0 Å². The van der Waals surface area contributed by atoms with E-state index in [0.29, 0.717) is 11.3 Å². The van der Waals surface area contributed by atoms with Gasteiger partial charge in [0.1, 0.15) is 22.6 Å². The second kappa shape index (κ2) is 6.35. The number of fused-ring (bicyclic) bond motifs is 1. The standard InChI is InChI=1S/C18H12F3N5O/c19-18(20,21)12-6-2-1-4-10(12)8-13-23-15-14(11-5-3-7-22-9-11)25-26-16(15)17(27)24-13/h1-7,9H,8H2,(H,25,26)(H,23,24,27). The van der Waals surface area contributed by atoms with E-state index >= 15 is 0 Å². The lowest BCUT2D eigenvalue weighted by Crippen LogP contribution is -2.14. The van der Waals surface area contributed by atoms with Gasteiger partial charge >= 0.3 is 6.18 Å². The highest BCUT2D eigenvalue weighted by molar-refractivity contribution is 5.88. The van der Waals surface area contributed by atoms with Gasteiger partial charge < -0.3 is 4.98 Å². The number of H-pyrrole nitrogens is 2. The molecule has 4 aromatic rings. The molecule has 3 heterocycles. The zero-order valence-corrected chi connectivity index (χ0v) is 13.7. The summed E-state index contributed by atoms with van der Waals surface area (Å²) >= 11 is 0. The third-order valence-electron chi connectivity index (χ3n) is 4.09. The van der Waals surface area contributed by atoms with Crippen LogP contribution in [0.3, 0.4) is 0 Å². The molecule has 0 radical (unpaired) electrons. The van der Waals surface area contributed by atoms with Crippen molar-refractivity contribution in [2.24, 2.45) is 0 Å². The van der Waals surface area contributed by atoms with Gasteiger partial charge in [0.05, 0.1) is 5.56 Å². The summed E-state index contributed by atoms with van der Waals surface area (Å²) in [6, 6.07) is 8.67. The molecule has 27 heavy (non-hydrogen) atoms. The van der Waals surface area contributed by atoms with Crippen molar-refractivity contribution < 1.29 is 13.2 Å². The van der Waals surface area contributed by atoms with Crippen molar-refractivity contribution >= 4 is 11.0 Å². The van der Waals surface area contributed by atoms with E-state index < -0.39 is 17.3 Å².